The first-order valence-corrected chi connectivity index (χ1v) is 7.61. The maximum atomic E-state index is 4.46. The molecule has 0 radical (unpaired) electrons. The van der Waals surface area contributed by atoms with E-state index in [1.54, 1.807) is 0 Å². The van der Waals surface area contributed by atoms with Gasteiger partial charge in [-0.25, -0.2) is 0 Å². The van der Waals surface area contributed by atoms with Crippen LogP contribution in [0.15, 0.2) is 73.1 Å². The van der Waals surface area contributed by atoms with E-state index in [1.165, 1.54) is 11.1 Å². The van der Waals surface area contributed by atoms with Gasteiger partial charge in [-0.2, -0.15) is 5.10 Å². The molecule has 0 atom stereocenters. The van der Waals surface area contributed by atoms with Crippen molar-refractivity contribution in [2.75, 3.05) is 13.6 Å². The number of nitrogens with zero attached hydrogens (tertiary/aromatic N) is 3. The Morgan fingerprint density at radius 1 is 0.909 bits per heavy atom. The molecule has 0 N–H and O–H groups in total. The molecule has 112 valence electrons. The van der Waals surface area contributed by atoms with Crippen LogP contribution in [0.1, 0.15) is 5.56 Å². The number of hydrogen-bond acceptors (Lipinski definition) is 2. The Kier molecular flexibility index (Phi) is 4.66. The number of rotatable bonds is 6. The van der Waals surface area contributed by atoms with Crippen LogP contribution in [0, 0.1) is 0 Å². The number of benzene rings is 2. The van der Waals surface area contributed by atoms with Crippen LogP contribution in [-0.4, -0.2) is 28.3 Å². The number of hydrogen-bond donors (Lipinski definition) is 0. The van der Waals surface area contributed by atoms with Crippen molar-refractivity contribution in [3.8, 4) is 11.1 Å². The summed E-state index contributed by atoms with van der Waals surface area (Å²) in [7, 11) is 2.13. The molecule has 0 saturated carbocycles. The van der Waals surface area contributed by atoms with E-state index in [1.807, 2.05) is 16.9 Å². The summed E-state index contributed by atoms with van der Waals surface area (Å²) in [5.41, 5.74) is 3.75. The van der Waals surface area contributed by atoms with Gasteiger partial charge in [0, 0.05) is 18.3 Å². The minimum Gasteiger partial charge on any atom is -0.287 e. The molecule has 1 aromatic heterocycles. The Hall–Kier alpha value is -2.39. The normalized spacial score (nSPS) is 11.0. The van der Waals surface area contributed by atoms with Crippen LogP contribution in [0.4, 0.5) is 0 Å². The van der Waals surface area contributed by atoms with Crippen LogP contribution >= 0.6 is 0 Å². The molecule has 1 heterocycles. The number of likely N-dealkylation sites (N-methyl/N-ethyl adjacent to an activating group) is 1. The fourth-order valence-corrected chi connectivity index (χ4v) is 2.50. The largest absolute Gasteiger partial charge is 0.287 e. The van der Waals surface area contributed by atoms with Crippen LogP contribution in [0.3, 0.4) is 0 Å². The Morgan fingerprint density at radius 3 is 2.32 bits per heavy atom. The van der Waals surface area contributed by atoms with Crippen molar-refractivity contribution in [1.82, 2.24) is 14.7 Å². The molecule has 0 aliphatic carbocycles. The second kappa shape index (κ2) is 7.05. The summed E-state index contributed by atoms with van der Waals surface area (Å²) >= 11 is 0. The summed E-state index contributed by atoms with van der Waals surface area (Å²) in [6.45, 7) is 1.82. The molecule has 0 fully saturated rings. The molecular weight excluding hydrogens is 270 g/mol. The zero-order valence-electron chi connectivity index (χ0n) is 12.9. The molecule has 0 unspecified atom stereocenters. The predicted octanol–water partition coefficient (Wildman–Crippen LogP) is 3.68. The van der Waals surface area contributed by atoms with Gasteiger partial charge in [-0.1, -0.05) is 60.7 Å². The van der Waals surface area contributed by atoms with Gasteiger partial charge in [0.1, 0.15) is 0 Å². The predicted molar refractivity (Wildman–Crippen MR) is 90.4 cm³/mol. The smallest absolute Gasteiger partial charge is 0.0926 e. The molecule has 0 bridgehead atoms. The molecule has 3 heteroatoms. The van der Waals surface area contributed by atoms with E-state index in [0.29, 0.717) is 0 Å². The lowest BCUT2D eigenvalue weighted by atomic mass is 10.1. The SMILES string of the molecule is CN(CCc1ccccc1)Cn1cc(-c2ccccc2)cn1. The average Bonchev–Trinajstić information content (AvgIpc) is 3.03. The standard InChI is InChI=1S/C19H21N3/c1-21(13-12-17-8-4-2-5-9-17)16-22-15-19(14-20-22)18-10-6-3-7-11-18/h2-11,14-15H,12-13,16H2,1H3. The molecule has 2 aromatic carbocycles. The van der Waals surface area contributed by atoms with E-state index in [9.17, 15) is 0 Å². The lowest BCUT2D eigenvalue weighted by Gasteiger charge is -2.16. The number of aromatic nitrogens is 2. The molecule has 3 rings (SSSR count). The highest BCUT2D eigenvalue weighted by Crippen LogP contribution is 2.17. The Balaban J connectivity index is 1.56. The Morgan fingerprint density at radius 2 is 1.59 bits per heavy atom. The van der Waals surface area contributed by atoms with E-state index < -0.39 is 0 Å². The topological polar surface area (TPSA) is 21.1 Å². The molecule has 0 aliphatic heterocycles. The molecule has 0 saturated heterocycles. The Labute approximate surface area is 131 Å². The quantitative estimate of drug-likeness (QED) is 0.691. The highest BCUT2D eigenvalue weighted by Gasteiger charge is 2.04. The van der Waals surface area contributed by atoms with Gasteiger partial charge in [-0.3, -0.25) is 9.58 Å². The second-order valence-electron chi connectivity index (χ2n) is 5.59. The molecule has 3 nitrogen and oxygen atoms in total. The van der Waals surface area contributed by atoms with E-state index in [-0.39, 0.29) is 0 Å². The van der Waals surface area contributed by atoms with E-state index in [4.69, 9.17) is 0 Å². The fourth-order valence-electron chi connectivity index (χ4n) is 2.50. The third-order valence-corrected chi connectivity index (χ3v) is 3.75. The van der Waals surface area contributed by atoms with Gasteiger partial charge in [-0.05, 0) is 24.6 Å². The summed E-state index contributed by atoms with van der Waals surface area (Å²) in [6, 6.07) is 21.0. The van der Waals surface area contributed by atoms with Crippen molar-refractivity contribution in [2.45, 2.75) is 13.1 Å². The maximum absolute atomic E-state index is 4.46. The summed E-state index contributed by atoms with van der Waals surface area (Å²) in [5, 5.41) is 4.46. The summed E-state index contributed by atoms with van der Waals surface area (Å²) in [6.07, 6.45) is 5.10. The third-order valence-electron chi connectivity index (χ3n) is 3.75. The monoisotopic (exact) mass is 291 g/mol. The van der Waals surface area contributed by atoms with Crippen molar-refractivity contribution in [1.29, 1.82) is 0 Å². The van der Waals surface area contributed by atoms with Gasteiger partial charge >= 0.3 is 0 Å². The van der Waals surface area contributed by atoms with E-state index >= 15 is 0 Å². The van der Waals surface area contributed by atoms with Gasteiger partial charge in [0.15, 0.2) is 0 Å². The zero-order chi connectivity index (χ0) is 15.2. The van der Waals surface area contributed by atoms with Crippen LogP contribution in [0.25, 0.3) is 11.1 Å². The zero-order valence-corrected chi connectivity index (χ0v) is 12.9. The first-order chi connectivity index (χ1) is 10.8. The maximum Gasteiger partial charge on any atom is 0.0926 e. The van der Waals surface area contributed by atoms with Crippen molar-refractivity contribution in [2.24, 2.45) is 0 Å². The first-order valence-electron chi connectivity index (χ1n) is 7.61. The van der Waals surface area contributed by atoms with Gasteiger partial charge < -0.3 is 0 Å². The van der Waals surface area contributed by atoms with Gasteiger partial charge in [-0.15, -0.1) is 0 Å². The van der Waals surface area contributed by atoms with Crippen molar-refractivity contribution >= 4 is 0 Å². The highest BCUT2D eigenvalue weighted by atomic mass is 15.4. The van der Waals surface area contributed by atoms with E-state index in [2.05, 4.69) is 77.8 Å². The average molecular weight is 291 g/mol. The molecular formula is C19H21N3. The lowest BCUT2D eigenvalue weighted by Crippen LogP contribution is -2.24. The van der Waals surface area contributed by atoms with Crippen LogP contribution in [0.2, 0.25) is 0 Å². The van der Waals surface area contributed by atoms with E-state index in [0.717, 1.165) is 25.2 Å². The molecule has 0 spiro atoms. The summed E-state index contributed by atoms with van der Waals surface area (Å²) < 4.78 is 1.99. The summed E-state index contributed by atoms with van der Waals surface area (Å²) in [5.74, 6) is 0. The minimum absolute atomic E-state index is 0.805. The van der Waals surface area contributed by atoms with Crippen LogP contribution < -0.4 is 0 Å². The van der Waals surface area contributed by atoms with Gasteiger partial charge in [0.2, 0.25) is 0 Å². The van der Waals surface area contributed by atoms with Gasteiger partial charge in [0.25, 0.3) is 0 Å². The highest BCUT2D eigenvalue weighted by molar-refractivity contribution is 5.61. The van der Waals surface area contributed by atoms with Gasteiger partial charge in [0.05, 0.1) is 12.9 Å². The van der Waals surface area contributed by atoms with Crippen molar-refractivity contribution in [3.05, 3.63) is 78.6 Å². The second-order valence-corrected chi connectivity index (χ2v) is 5.59. The Bertz CT molecular complexity index is 689. The lowest BCUT2D eigenvalue weighted by molar-refractivity contribution is 0.257. The third kappa shape index (κ3) is 3.83. The molecule has 0 amide bonds. The van der Waals surface area contributed by atoms with Crippen molar-refractivity contribution in [3.63, 3.8) is 0 Å². The first kappa shape index (κ1) is 14.5. The summed E-state index contributed by atoms with van der Waals surface area (Å²) in [4.78, 5) is 2.29. The molecule has 3 aromatic rings. The molecule has 22 heavy (non-hydrogen) atoms. The van der Waals surface area contributed by atoms with Crippen LogP contribution in [0.5, 0.6) is 0 Å². The van der Waals surface area contributed by atoms with Crippen molar-refractivity contribution < 1.29 is 0 Å². The minimum atomic E-state index is 0.805. The fraction of sp³-hybridized carbons (Fsp3) is 0.211. The van der Waals surface area contributed by atoms with Crippen LogP contribution in [-0.2, 0) is 13.1 Å². The molecule has 0 aliphatic rings.